The summed E-state index contributed by atoms with van der Waals surface area (Å²) in [6.45, 7) is 0.563. The zero-order chi connectivity index (χ0) is 12.4. The zero-order valence-corrected chi connectivity index (χ0v) is 9.84. The molecule has 0 aliphatic rings. The lowest BCUT2D eigenvalue weighted by atomic mass is 10.1. The molecule has 0 saturated heterocycles. The second-order valence-electron chi connectivity index (χ2n) is 4.13. The van der Waals surface area contributed by atoms with E-state index in [0.29, 0.717) is 24.5 Å². The van der Waals surface area contributed by atoms with Crippen LogP contribution in [-0.2, 0) is 13.0 Å². The van der Waals surface area contributed by atoms with E-state index in [1.165, 1.54) is 0 Å². The van der Waals surface area contributed by atoms with Gasteiger partial charge in [0.05, 0.1) is 0 Å². The predicted octanol–water partition coefficient (Wildman–Crippen LogP) is 2.27. The van der Waals surface area contributed by atoms with E-state index < -0.39 is 0 Å². The first-order chi connectivity index (χ1) is 8.85. The largest absolute Gasteiger partial charge is 0.439 e. The average Bonchev–Trinajstić information content (AvgIpc) is 2.82. The molecule has 0 amide bonds. The Labute approximate surface area is 104 Å². The Bertz CT molecular complexity index is 625. The molecule has 0 fully saturated rings. The summed E-state index contributed by atoms with van der Waals surface area (Å²) < 4.78 is 5.63. The van der Waals surface area contributed by atoms with Crippen molar-refractivity contribution in [1.29, 1.82) is 0 Å². The van der Waals surface area contributed by atoms with Crippen LogP contribution in [0.2, 0.25) is 0 Å². The molecule has 4 nitrogen and oxygen atoms in total. The Hall–Kier alpha value is -2.20. The van der Waals surface area contributed by atoms with E-state index in [1.54, 1.807) is 6.20 Å². The highest BCUT2D eigenvalue weighted by Gasteiger charge is 2.06. The van der Waals surface area contributed by atoms with Crippen molar-refractivity contribution in [3.63, 3.8) is 0 Å². The summed E-state index contributed by atoms with van der Waals surface area (Å²) in [4.78, 5) is 8.50. The van der Waals surface area contributed by atoms with Crippen LogP contribution in [0.3, 0.4) is 0 Å². The summed E-state index contributed by atoms with van der Waals surface area (Å²) in [5.41, 5.74) is 9.23. The molecule has 0 radical (unpaired) electrons. The fourth-order valence-electron chi connectivity index (χ4n) is 1.86. The summed E-state index contributed by atoms with van der Waals surface area (Å²) in [7, 11) is 0. The molecule has 18 heavy (non-hydrogen) atoms. The van der Waals surface area contributed by atoms with E-state index >= 15 is 0 Å². The van der Waals surface area contributed by atoms with Crippen molar-refractivity contribution < 1.29 is 4.42 Å². The van der Waals surface area contributed by atoms with Crippen molar-refractivity contribution >= 4 is 11.2 Å². The van der Waals surface area contributed by atoms with Crippen LogP contribution in [0, 0.1) is 0 Å². The third-order valence-electron chi connectivity index (χ3n) is 2.82. The smallest absolute Gasteiger partial charge is 0.201 e. The monoisotopic (exact) mass is 239 g/mol. The molecule has 0 aliphatic carbocycles. The maximum atomic E-state index is 5.63. The van der Waals surface area contributed by atoms with E-state index in [9.17, 15) is 0 Å². The molecule has 2 N–H and O–H groups in total. The minimum Gasteiger partial charge on any atom is -0.439 e. The van der Waals surface area contributed by atoms with Gasteiger partial charge < -0.3 is 10.2 Å². The lowest BCUT2D eigenvalue weighted by Gasteiger charge is -1.99. The number of nitrogens with zero attached hydrogens (tertiary/aromatic N) is 2. The van der Waals surface area contributed by atoms with Crippen LogP contribution < -0.4 is 5.73 Å². The normalized spacial score (nSPS) is 10.9. The SMILES string of the molecule is NCc1ccc(Cc2nc3ncccc3o2)cc1. The van der Waals surface area contributed by atoms with E-state index in [1.807, 2.05) is 36.4 Å². The minimum absolute atomic E-state index is 0.563. The summed E-state index contributed by atoms with van der Waals surface area (Å²) in [6.07, 6.45) is 2.38. The zero-order valence-electron chi connectivity index (χ0n) is 9.84. The van der Waals surface area contributed by atoms with E-state index in [4.69, 9.17) is 10.2 Å². The third-order valence-corrected chi connectivity index (χ3v) is 2.82. The highest BCUT2D eigenvalue weighted by molar-refractivity contribution is 5.66. The Balaban J connectivity index is 1.86. The lowest BCUT2D eigenvalue weighted by molar-refractivity contribution is 0.544. The van der Waals surface area contributed by atoms with Gasteiger partial charge in [-0.1, -0.05) is 24.3 Å². The first-order valence-corrected chi connectivity index (χ1v) is 5.83. The third kappa shape index (κ3) is 2.10. The van der Waals surface area contributed by atoms with Crippen molar-refractivity contribution in [2.75, 3.05) is 0 Å². The molecule has 1 aromatic carbocycles. The van der Waals surface area contributed by atoms with Crippen LogP contribution in [0.1, 0.15) is 17.0 Å². The molecule has 0 aliphatic heterocycles. The van der Waals surface area contributed by atoms with Crippen molar-refractivity contribution in [3.8, 4) is 0 Å². The van der Waals surface area contributed by atoms with E-state index in [2.05, 4.69) is 9.97 Å². The second kappa shape index (κ2) is 4.58. The van der Waals surface area contributed by atoms with Crippen LogP contribution in [0.5, 0.6) is 0 Å². The van der Waals surface area contributed by atoms with E-state index in [0.717, 1.165) is 16.7 Å². The quantitative estimate of drug-likeness (QED) is 0.761. The maximum Gasteiger partial charge on any atom is 0.201 e. The molecule has 0 spiro atoms. The molecule has 0 saturated carbocycles. The number of nitrogens with two attached hydrogens (primary N) is 1. The van der Waals surface area contributed by atoms with Gasteiger partial charge in [0.15, 0.2) is 11.2 Å². The summed E-state index contributed by atoms with van der Waals surface area (Å²) >= 11 is 0. The van der Waals surface area contributed by atoms with Crippen LogP contribution in [0.4, 0.5) is 0 Å². The van der Waals surface area contributed by atoms with Gasteiger partial charge in [-0.15, -0.1) is 0 Å². The molecule has 2 aromatic heterocycles. The lowest BCUT2D eigenvalue weighted by Crippen LogP contribution is -1.96. The number of fused-ring (bicyclic) bond motifs is 1. The van der Waals surface area contributed by atoms with Crippen molar-refractivity contribution in [2.24, 2.45) is 5.73 Å². The Morgan fingerprint density at radius 1 is 1.06 bits per heavy atom. The molecule has 3 aromatic rings. The van der Waals surface area contributed by atoms with Gasteiger partial charge in [-0.2, -0.15) is 4.98 Å². The first-order valence-electron chi connectivity index (χ1n) is 5.83. The molecule has 3 rings (SSSR count). The molecular weight excluding hydrogens is 226 g/mol. The van der Waals surface area contributed by atoms with Crippen molar-refractivity contribution in [2.45, 2.75) is 13.0 Å². The minimum atomic E-state index is 0.563. The highest BCUT2D eigenvalue weighted by Crippen LogP contribution is 2.15. The Morgan fingerprint density at radius 3 is 2.56 bits per heavy atom. The van der Waals surface area contributed by atoms with Gasteiger partial charge in [0.25, 0.3) is 0 Å². The van der Waals surface area contributed by atoms with Crippen LogP contribution >= 0.6 is 0 Å². The molecule has 0 bridgehead atoms. The highest BCUT2D eigenvalue weighted by atomic mass is 16.3. The van der Waals surface area contributed by atoms with E-state index in [-0.39, 0.29) is 0 Å². The van der Waals surface area contributed by atoms with Crippen molar-refractivity contribution in [1.82, 2.24) is 9.97 Å². The van der Waals surface area contributed by atoms with Gasteiger partial charge in [0, 0.05) is 19.2 Å². The predicted molar refractivity (Wildman–Crippen MR) is 68.9 cm³/mol. The number of pyridine rings is 1. The van der Waals surface area contributed by atoms with Gasteiger partial charge >= 0.3 is 0 Å². The summed E-state index contributed by atoms with van der Waals surface area (Å²) in [6, 6.07) is 11.9. The number of benzene rings is 1. The number of oxazole rings is 1. The fourth-order valence-corrected chi connectivity index (χ4v) is 1.86. The topological polar surface area (TPSA) is 64.9 Å². The molecule has 0 unspecified atom stereocenters. The standard InChI is InChI=1S/C14H13N3O/c15-9-11-5-3-10(4-6-11)8-13-17-14-12(18-13)2-1-7-16-14/h1-7H,8-9,15H2. The van der Waals surface area contributed by atoms with Gasteiger partial charge in [-0.05, 0) is 23.3 Å². The second-order valence-corrected chi connectivity index (χ2v) is 4.13. The number of aromatic nitrogens is 2. The van der Waals surface area contributed by atoms with Gasteiger partial charge in [0.2, 0.25) is 5.89 Å². The average molecular weight is 239 g/mol. The van der Waals surface area contributed by atoms with Gasteiger partial charge in [-0.25, -0.2) is 4.98 Å². The fraction of sp³-hybridized carbons (Fsp3) is 0.143. The number of hydrogen-bond donors (Lipinski definition) is 1. The molecule has 0 atom stereocenters. The Morgan fingerprint density at radius 2 is 1.83 bits per heavy atom. The number of rotatable bonds is 3. The van der Waals surface area contributed by atoms with Crippen LogP contribution in [-0.4, -0.2) is 9.97 Å². The van der Waals surface area contributed by atoms with Crippen LogP contribution in [0.15, 0.2) is 47.0 Å². The molecular formula is C14H13N3O. The molecule has 2 heterocycles. The van der Waals surface area contributed by atoms with Gasteiger partial charge in [0.1, 0.15) is 0 Å². The van der Waals surface area contributed by atoms with Crippen molar-refractivity contribution in [3.05, 3.63) is 59.6 Å². The summed E-state index contributed by atoms with van der Waals surface area (Å²) in [5.74, 6) is 0.684. The molecule has 90 valence electrons. The maximum absolute atomic E-state index is 5.63. The summed E-state index contributed by atoms with van der Waals surface area (Å²) in [5, 5.41) is 0. The van der Waals surface area contributed by atoms with Crippen LogP contribution in [0.25, 0.3) is 11.2 Å². The first kappa shape index (κ1) is 10.9. The Kier molecular flexibility index (Phi) is 2.78. The number of hydrogen-bond acceptors (Lipinski definition) is 4. The van der Waals surface area contributed by atoms with Gasteiger partial charge in [-0.3, -0.25) is 0 Å². The molecule has 4 heteroatoms.